The van der Waals surface area contributed by atoms with Crippen molar-refractivity contribution in [3.8, 4) is 22.6 Å². The molecule has 0 unspecified atom stereocenters. The van der Waals surface area contributed by atoms with Crippen LogP contribution in [0.3, 0.4) is 0 Å². The smallest absolute Gasteiger partial charge is 0.230 e. The average molecular weight is 311 g/mol. The maximum absolute atomic E-state index is 5.78. The molecule has 0 atom stereocenters. The van der Waals surface area contributed by atoms with Crippen LogP contribution >= 0.6 is 15.9 Å². The third kappa shape index (κ3) is 1.64. The lowest BCUT2D eigenvalue weighted by Gasteiger charge is -2.22. The van der Waals surface area contributed by atoms with E-state index in [9.17, 15) is 0 Å². The van der Waals surface area contributed by atoms with Gasteiger partial charge in [-0.2, -0.15) is 0 Å². The molecule has 0 bridgehead atoms. The summed E-state index contributed by atoms with van der Waals surface area (Å²) in [6.45, 7) is 3.04. The van der Waals surface area contributed by atoms with Crippen LogP contribution in [0.2, 0.25) is 0 Å². The third-order valence-corrected chi connectivity index (χ3v) is 3.72. The Balaban J connectivity index is 2.30. The fourth-order valence-corrected chi connectivity index (χ4v) is 2.41. The maximum atomic E-state index is 5.78. The van der Waals surface area contributed by atoms with Gasteiger partial charge in [0.05, 0.1) is 11.8 Å². The molecule has 1 aliphatic heterocycles. The molecule has 1 aromatic carbocycles. The van der Waals surface area contributed by atoms with Crippen LogP contribution in [-0.2, 0) is 0 Å². The summed E-state index contributed by atoms with van der Waals surface area (Å²) in [5.41, 5.74) is 8.37. The number of anilines is 1. The quantitative estimate of drug-likeness (QED) is 0.877. The van der Waals surface area contributed by atoms with Crippen LogP contribution in [0.15, 0.2) is 21.3 Å². The molecular formula is C12H11BrN2O3. The molecule has 1 aromatic heterocycles. The van der Waals surface area contributed by atoms with E-state index in [1.807, 2.05) is 13.0 Å². The second kappa shape index (κ2) is 4.20. The van der Waals surface area contributed by atoms with E-state index < -0.39 is 0 Å². The van der Waals surface area contributed by atoms with Crippen LogP contribution < -0.4 is 15.2 Å². The van der Waals surface area contributed by atoms with Crippen molar-refractivity contribution in [1.82, 2.24) is 5.16 Å². The van der Waals surface area contributed by atoms with Crippen LogP contribution in [0, 0.1) is 6.92 Å². The molecule has 0 saturated carbocycles. The normalized spacial score (nSPS) is 13.7. The minimum Gasteiger partial charge on any atom is -0.486 e. The van der Waals surface area contributed by atoms with Gasteiger partial charge >= 0.3 is 0 Å². The third-order valence-electron chi connectivity index (χ3n) is 2.90. The van der Waals surface area contributed by atoms with Gasteiger partial charge in [0.25, 0.3) is 0 Å². The predicted octanol–water partition coefficient (Wildman–Crippen LogP) is 2.77. The van der Waals surface area contributed by atoms with Gasteiger partial charge in [-0.15, -0.1) is 0 Å². The van der Waals surface area contributed by atoms with Crippen molar-refractivity contribution < 1.29 is 14.0 Å². The predicted molar refractivity (Wildman–Crippen MR) is 69.8 cm³/mol. The van der Waals surface area contributed by atoms with Crippen LogP contribution in [0.25, 0.3) is 11.1 Å². The highest BCUT2D eigenvalue weighted by atomic mass is 79.9. The van der Waals surface area contributed by atoms with E-state index >= 15 is 0 Å². The summed E-state index contributed by atoms with van der Waals surface area (Å²) in [5.74, 6) is 1.67. The molecule has 18 heavy (non-hydrogen) atoms. The van der Waals surface area contributed by atoms with Crippen molar-refractivity contribution in [1.29, 1.82) is 0 Å². The largest absolute Gasteiger partial charge is 0.486 e. The lowest BCUT2D eigenvalue weighted by atomic mass is 10.0. The van der Waals surface area contributed by atoms with Gasteiger partial charge in [0.15, 0.2) is 11.5 Å². The molecule has 2 heterocycles. The molecule has 0 amide bonds. The van der Waals surface area contributed by atoms with Gasteiger partial charge in [0.1, 0.15) is 13.2 Å². The van der Waals surface area contributed by atoms with Gasteiger partial charge in [-0.25, -0.2) is 0 Å². The second-order valence-electron chi connectivity index (χ2n) is 3.99. The zero-order valence-electron chi connectivity index (χ0n) is 9.70. The van der Waals surface area contributed by atoms with E-state index in [1.165, 1.54) is 0 Å². The van der Waals surface area contributed by atoms with Crippen LogP contribution in [0.4, 0.5) is 5.88 Å². The number of fused-ring (bicyclic) bond motifs is 1. The fraction of sp³-hybridized carbons (Fsp3) is 0.250. The standard InChI is InChI=1S/C12H11BrN2O3/c1-6-8(13)4-9-11(17-3-2-16-9)10(6)7-5-15-18-12(7)14/h4-5H,2-3,14H2,1H3. The van der Waals surface area contributed by atoms with E-state index in [1.54, 1.807) is 6.20 Å². The topological polar surface area (TPSA) is 70.5 Å². The van der Waals surface area contributed by atoms with Crippen molar-refractivity contribution in [3.05, 3.63) is 22.3 Å². The lowest BCUT2D eigenvalue weighted by Crippen LogP contribution is -2.16. The van der Waals surface area contributed by atoms with Crippen LogP contribution in [0.5, 0.6) is 11.5 Å². The number of aromatic nitrogens is 1. The van der Waals surface area contributed by atoms with Gasteiger partial charge in [0, 0.05) is 10.0 Å². The first-order valence-corrected chi connectivity index (χ1v) is 6.27. The number of hydrogen-bond acceptors (Lipinski definition) is 5. The molecule has 2 aromatic rings. The molecule has 2 N–H and O–H groups in total. The summed E-state index contributed by atoms with van der Waals surface area (Å²) < 4.78 is 17.1. The average Bonchev–Trinajstić information content (AvgIpc) is 2.77. The van der Waals surface area contributed by atoms with Gasteiger partial charge < -0.3 is 19.7 Å². The Labute approximate surface area is 112 Å². The number of halogens is 1. The fourth-order valence-electron chi connectivity index (χ4n) is 2.01. The van der Waals surface area contributed by atoms with E-state index in [-0.39, 0.29) is 5.88 Å². The number of nitrogen functional groups attached to an aromatic ring is 1. The molecule has 0 saturated heterocycles. The first-order valence-electron chi connectivity index (χ1n) is 5.47. The van der Waals surface area contributed by atoms with Crippen LogP contribution in [0.1, 0.15) is 5.56 Å². The Morgan fingerprint density at radius 3 is 2.83 bits per heavy atom. The number of ether oxygens (including phenoxy) is 2. The molecule has 0 radical (unpaired) electrons. The molecule has 94 valence electrons. The highest BCUT2D eigenvalue weighted by Crippen LogP contribution is 2.46. The minimum absolute atomic E-state index is 0.271. The van der Waals surface area contributed by atoms with E-state index in [0.29, 0.717) is 24.7 Å². The Bertz CT molecular complexity index is 610. The molecule has 6 heteroatoms. The van der Waals surface area contributed by atoms with Gasteiger partial charge in [-0.3, -0.25) is 0 Å². The maximum Gasteiger partial charge on any atom is 0.230 e. The minimum atomic E-state index is 0.271. The number of rotatable bonds is 1. The molecule has 0 fully saturated rings. The number of hydrogen-bond donors (Lipinski definition) is 1. The van der Waals surface area contributed by atoms with Crippen molar-refractivity contribution in [2.45, 2.75) is 6.92 Å². The lowest BCUT2D eigenvalue weighted by molar-refractivity contribution is 0.172. The van der Waals surface area contributed by atoms with E-state index in [4.69, 9.17) is 19.7 Å². The summed E-state index contributed by atoms with van der Waals surface area (Å²) in [6, 6.07) is 1.90. The SMILES string of the molecule is Cc1c(Br)cc2c(c1-c1cnoc1N)OCCO2. The Morgan fingerprint density at radius 2 is 2.11 bits per heavy atom. The Kier molecular flexibility index (Phi) is 2.66. The van der Waals surface area contributed by atoms with Crippen molar-refractivity contribution in [2.24, 2.45) is 0 Å². The molecule has 0 spiro atoms. The van der Waals surface area contributed by atoms with Crippen molar-refractivity contribution in [3.63, 3.8) is 0 Å². The molecule has 3 rings (SSSR count). The zero-order valence-corrected chi connectivity index (χ0v) is 11.3. The Morgan fingerprint density at radius 1 is 1.33 bits per heavy atom. The van der Waals surface area contributed by atoms with Gasteiger partial charge in [-0.1, -0.05) is 21.1 Å². The highest BCUT2D eigenvalue weighted by molar-refractivity contribution is 9.10. The summed E-state index contributed by atoms with van der Waals surface area (Å²) in [4.78, 5) is 0. The first-order chi connectivity index (χ1) is 8.68. The molecular weight excluding hydrogens is 300 g/mol. The highest BCUT2D eigenvalue weighted by Gasteiger charge is 2.24. The number of nitrogens with two attached hydrogens (primary N) is 1. The van der Waals surface area contributed by atoms with Crippen molar-refractivity contribution >= 4 is 21.8 Å². The summed E-state index contributed by atoms with van der Waals surface area (Å²) >= 11 is 3.51. The number of nitrogens with zero attached hydrogens (tertiary/aromatic N) is 1. The number of benzene rings is 1. The Hall–Kier alpha value is -1.69. The monoisotopic (exact) mass is 310 g/mol. The summed E-state index contributed by atoms with van der Waals surface area (Å²) in [7, 11) is 0. The second-order valence-corrected chi connectivity index (χ2v) is 4.84. The molecule has 1 aliphatic rings. The summed E-state index contributed by atoms with van der Waals surface area (Å²) in [6.07, 6.45) is 1.59. The van der Waals surface area contributed by atoms with Crippen molar-refractivity contribution in [2.75, 3.05) is 18.9 Å². The van der Waals surface area contributed by atoms with E-state index in [2.05, 4.69) is 21.1 Å². The van der Waals surface area contributed by atoms with E-state index in [0.717, 1.165) is 21.2 Å². The van der Waals surface area contributed by atoms with Gasteiger partial charge in [0.2, 0.25) is 5.88 Å². The molecule has 0 aliphatic carbocycles. The van der Waals surface area contributed by atoms with Crippen LogP contribution in [-0.4, -0.2) is 18.4 Å². The molecule has 5 nitrogen and oxygen atoms in total. The summed E-state index contributed by atoms with van der Waals surface area (Å²) in [5, 5.41) is 3.71. The first kappa shape index (κ1) is 11.4. The zero-order chi connectivity index (χ0) is 12.7. The van der Waals surface area contributed by atoms with Gasteiger partial charge in [-0.05, 0) is 18.6 Å².